The zero-order valence-electron chi connectivity index (χ0n) is 12.3. The molecule has 1 rings (SSSR count). The Morgan fingerprint density at radius 2 is 1.67 bits per heavy atom. The van der Waals surface area contributed by atoms with Gasteiger partial charge >= 0.3 is 0 Å². The number of benzene rings is 1. The Morgan fingerprint density at radius 1 is 1.06 bits per heavy atom. The maximum atomic E-state index is 5.99. The van der Waals surface area contributed by atoms with E-state index in [0.29, 0.717) is 6.61 Å². The van der Waals surface area contributed by atoms with Crippen molar-refractivity contribution in [2.24, 2.45) is 0 Å². The third-order valence-corrected chi connectivity index (χ3v) is 2.76. The summed E-state index contributed by atoms with van der Waals surface area (Å²) in [6.07, 6.45) is 1.39. The van der Waals surface area contributed by atoms with Crippen molar-refractivity contribution in [2.75, 3.05) is 0 Å². The van der Waals surface area contributed by atoms with Crippen LogP contribution in [0, 0.1) is 0 Å². The molecular weight excluding hydrogens is 224 g/mol. The topological polar surface area (TPSA) is 18.5 Å². The standard InChI is InChI=1S/C16H26O2/c1-13(2)18-14(3)11-16(4,5)17-12-15-9-7-6-8-10-15/h6-10,13-14H,11-12H2,1-5H3. The zero-order chi connectivity index (χ0) is 13.6. The van der Waals surface area contributed by atoms with Gasteiger partial charge in [-0.15, -0.1) is 0 Å². The van der Waals surface area contributed by atoms with Gasteiger partial charge < -0.3 is 9.47 Å². The first-order valence-corrected chi connectivity index (χ1v) is 6.72. The van der Waals surface area contributed by atoms with Crippen molar-refractivity contribution in [1.82, 2.24) is 0 Å². The highest BCUT2D eigenvalue weighted by Crippen LogP contribution is 2.21. The first kappa shape index (κ1) is 15.2. The molecule has 0 aliphatic heterocycles. The van der Waals surface area contributed by atoms with E-state index in [1.807, 2.05) is 18.2 Å². The van der Waals surface area contributed by atoms with E-state index in [2.05, 4.69) is 46.8 Å². The molecule has 0 amide bonds. The molecule has 0 fully saturated rings. The number of ether oxygens (including phenoxy) is 2. The summed E-state index contributed by atoms with van der Waals surface area (Å²) in [6.45, 7) is 11.1. The molecule has 0 heterocycles. The highest BCUT2D eigenvalue weighted by Gasteiger charge is 2.22. The maximum absolute atomic E-state index is 5.99. The van der Waals surface area contributed by atoms with Crippen molar-refractivity contribution in [3.63, 3.8) is 0 Å². The van der Waals surface area contributed by atoms with Gasteiger partial charge in [-0.3, -0.25) is 0 Å². The van der Waals surface area contributed by atoms with Gasteiger partial charge in [0.2, 0.25) is 0 Å². The second kappa shape index (κ2) is 6.91. The molecule has 0 aliphatic carbocycles. The van der Waals surface area contributed by atoms with Crippen molar-refractivity contribution < 1.29 is 9.47 Å². The van der Waals surface area contributed by atoms with Gasteiger partial charge in [0.25, 0.3) is 0 Å². The molecule has 0 saturated heterocycles. The lowest BCUT2D eigenvalue weighted by Crippen LogP contribution is -2.31. The Labute approximate surface area is 111 Å². The van der Waals surface area contributed by atoms with Crippen LogP contribution >= 0.6 is 0 Å². The molecular formula is C16H26O2. The summed E-state index contributed by atoms with van der Waals surface area (Å²) in [4.78, 5) is 0. The minimum atomic E-state index is -0.163. The van der Waals surface area contributed by atoms with Crippen molar-refractivity contribution >= 4 is 0 Å². The minimum Gasteiger partial charge on any atom is -0.376 e. The molecule has 0 aromatic heterocycles. The molecule has 102 valence electrons. The van der Waals surface area contributed by atoms with Gasteiger partial charge in [0.15, 0.2) is 0 Å². The zero-order valence-corrected chi connectivity index (χ0v) is 12.3. The van der Waals surface area contributed by atoms with E-state index in [-0.39, 0.29) is 17.8 Å². The molecule has 1 aromatic carbocycles. The smallest absolute Gasteiger partial charge is 0.0724 e. The van der Waals surface area contributed by atoms with E-state index in [1.165, 1.54) is 5.56 Å². The van der Waals surface area contributed by atoms with Crippen molar-refractivity contribution in [3.8, 4) is 0 Å². The molecule has 0 saturated carbocycles. The van der Waals surface area contributed by atoms with Crippen molar-refractivity contribution in [2.45, 2.75) is 65.5 Å². The first-order valence-electron chi connectivity index (χ1n) is 6.72. The summed E-state index contributed by atoms with van der Waals surface area (Å²) in [5.74, 6) is 0. The predicted molar refractivity (Wildman–Crippen MR) is 75.6 cm³/mol. The van der Waals surface area contributed by atoms with Crippen LogP contribution in [0.2, 0.25) is 0 Å². The third-order valence-electron chi connectivity index (χ3n) is 2.76. The van der Waals surface area contributed by atoms with Gasteiger partial charge in [0, 0.05) is 6.42 Å². The van der Waals surface area contributed by atoms with E-state index in [1.54, 1.807) is 0 Å². The number of hydrogen-bond acceptors (Lipinski definition) is 2. The lowest BCUT2D eigenvalue weighted by atomic mass is 10.0. The Balaban J connectivity index is 2.39. The molecule has 2 heteroatoms. The number of rotatable bonds is 7. The summed E-state index contributed by atoms with van der Waals surface area (Å²) in [5.41, 5.74) is 1.05. The Hall–Kier alpha value is -0.860. The molecule has 2 nitrogen and oxygen atoms in total. The van der Waals surface area contributed by atoms with Crippen molar-refractivity contribution in [1.29, 1.82) is 0 Å². The fourth-order valence-electron chi connectivity index (χ4n) is 2.12. The fourth-order valence-corrected chi connectivity index (χ4v) is 2.12. The molecule has 18 heavy (non-hydrogen) atoms. The summed E-state index contributed by atoms with van der Waals surface area (Å²) in [6, 6.07) is 10.3. The monoisotopic (exact) mass is 250 g/mol. The van der Waals surface area contributed by atoms with E-state index in [4.69, 9.17) is 9.47 Å². The number of hydrogen-bond donors (Lipinski definition) is 0. The van der Waals surface area contributed by atoms with Crippen LogP contribution in [0.5, 0.6) is 0 Å². The highest BCUT2D eigenvalue weighted by atomic mass is 16.5. The second-order valence-electron chi connectivity index (χ2n) is 5.73. The molecule has 1 atom stereocenters. The average Bonchev–Trinajstić information content (AvgIpc) is 2.26. The molecule has 0 radical (unpaired) electrons. The van der Waals surface area contributed by atoms with E-state index in [9.17, 15) is 0 Å². The Morgan fingerprint density at radius 3 is 2.22 bits per heavy atom. The molecule has 0 spiro atoms. The average molecular weight is 250 g/mol. The van der Waals surface area contributed by atoms with E-state index >= 15 is 0 Å². The molecule has 1 aromatic rings. The van der Waals surface area contributed by atoms with Crippen LogP contribution in [-0.2, 0) is 16.1 Å². The lowest BCUT2D eigenvalue weighted by Gasteiger charge is -2.29. The van der Waals surface area contributed by atoms with Crippen LogP contribution in [0.3, 0.4) is 0 Å². The van der Waals surface area contributed by atoms with Crippen LogP contribution in [0.15, 0.2) is 30.3 Å². The largest absolute Gasteiger partial charge is 0.376 e. The summed E-state index contributed by atoms with van der Waals surface area (Å²) in [5, 5.41) is 0. The highest BCUT2D eigenvalue weighted by molar-refractivity contribution is 5.13. The second-order valence-corrected chi connectivity index (χ2v) is 5.73. The molecule has 0 N–H and O–H groups in total. The predicted octanol–water partition coefficient (Wildman–Crippen LogP) is 4.19. The van der Waals surface area contributed by atoms with E-state index < -0.39 is 0 Å². The Bertz CT molecular complexity index is 330. The minimum absolute atomic E-state index is 0.163. The summed E-state index contributed by atoms with van der Waals surface area (Å²) >= 11 is 0. The third kappa shape index (κ3) is 6.18. The van der Waals surface area contributed by atoms with Gasteiger partial charge in [-0.05, 0) is 40.2 Å². The van der Waals surface area contributed by atoms with Crippen LogP contribution in [0.4, 0.5) is 0 Å². The quantitative estimate of drug-likeness (QED) is 0.722. The SMILES string of the molecule is CC(C)OC(C)CC(C)(C)OCc1ccccc1. The maximum Gasteiger partial charge on any atom is 0.0724 e. The molecule has 1 unspecified atom stereocenters. The van der Waals surface area contributed by atoms with E-state index in [0.717, 1.165) is 6.42 Å². The van der Waals surface area contributed by atoms with Gasteiger partial charge in [-0.2, -0.15) is 0 Å². The Kier molecular flexibility index (Phi) is 5.83. The summed E-state index contributed by atoms with van der Waals surface area (Å²) < 4.78 is 11.7. The van der Waals surface area contributed by atoms with Crippen LogP contribution < -0.4 is 0 Å². The normalized spacial score (nSPS) is 13.9. The molecule has 0 bridgehead atoms. The van der Waals surface area contributed by atoms with Crippen LogP contribution in [0.25, 0.3) is 0 Å². The van der Waals surface area contributed by atoms with Crippen LogP contribution in [-0.4, -0.2) is 17.8 Å². The lowest BCUT2D eigenvalue weighted by molar-refractivity contribution is -0.0799. The first-order chi connectivity index (χ1) is 8.39. The fraction of sp³-hybridized carbons (Fsp3) is 0.625. The van der Waals surface area contributed by atoms with Gasteiger partial charge in [0.05, 0.1) is 24.4 Å². The van der Waals surface area contributed by atoms with Gasteiger partial charge in [-0.1, -0.05) is 30.3 Å². The van der Waals surface area contributed by atoms with Crippen LogP contribution in [0.1, 0.15) is 46.6 Å². The molecule has 0 aliphatic rings. The van der Waals surface area contributed by atoms with Gasteiger partial charge in [0.1, 0.15) is 0 Å². The van der Waals surface area contributed by atoms with Gasteiger partial charge in [-0.25, -0.2) is 0 Å². The summed E-state index contributed by atoms with van der Waals surface area (Å²) in [7, 11) is 0. The van der Waals surface area contributed by atoms with Crippen molar-refractivity contribution in [3.05, 3.63) is 35.9 Å².